The number of rotatable bonds is 5. The predicted octanol–water partition coefficient (Wildman–Crippen LogP) is 4.29. The minimum atomic E-state index is -0.338. The van der Waals surface area contributed by atoms with Gasteiger partial charge < -0.3 is 9.63 Å². The van der Waals surface area contributed by atoms with Gasteiger partial charge in [0.15, 0.2) is 10.0 Å². The first kappa shape index (κ1) is 21.3. The van der Waals surface area contributed by atoms with Crippen molar-refractivity contribution in [3.63, 3.8) is 0 Å². The molecular formula is C23H19ClN5O3S+. The van der Waals surface area contributed by atoms with Crippen LogP contribution in [-0.2, 0) is 6.54 Å². The molecule has 0 fully saturated rings. The van der Waals surface area contributed by atoms with Crippen molar-refractivity contribution in [1.29, 1.82) is 0 Å². The van der Waals surface area contributed by atoms with Crippen LogP contribution in [0.5, 0.6) is 5.88 Å². The number of halogens is 1. The number of nitrogens with zero attached hydrogens (tertiary/aromatic N) is 5. The molecule has 4 heterocycles. The molecule has 5 aromatic rings. The van der Waals surface area contributed by atoms with Crippen molar-refractivity contribution in [3.05, 3.63) is 80.4 Å². The van der Waals surface area contributed by atoms with E-state index in [9.17, 15) is 9.90 Å². The lowest BCUT2D eigenvalue weighted by Gasteiger charge is -2.09. The highest BCUT2D eigenvalue weighted by Crippen LogP contribution is 2.28. The Balaban J connectivity index is 1.69. The summed E-state index contributed by atoms with van der Waals surface area (Å²) in [5.74, 6) is 0.907. The predicted molar refractivity (Wildman–Crippen MR) is 125 cm³/mol. The number of fused-ring (bicyclic) bond motifs is 1. The first-order valence-corrected chi connectivity index (χ1v) is 11.4. The fourth-order valence-electron chi connectivity index (χ4n) is 3.61. The van der Waals surface area contributed by atoms with Crippen LogP contribution < -0.4 is 10.1 Å². The zero-order valence-corrected chi connectivity index (χ0v) is 19.3. The van der Waals surface area contributed by atoms with Crippen molar-refractivity contribution in [2.45, 2.75) is 26.3 Å². The summed E-state index contributed by atoms with van der Waals surface area (Å²) in [5, 5.41) is 15.3. The second-order valence-corrected chi connectivity index (χ2v) is 9.49. The highest BCUT2D eigenvalue weighted by atomic mass is 35.5. The second-order valence-electron chi connectivity index (χ2n) is 7.79. The SMILES string of the molecule is CC(C)c1nc(-c2cccc(-c3c(O)[n+](Cc4cnc(Cl)s4)c4ccccn4c3=O)c2)no1. The molecule has 4 aromatic heterocycles. The topological polar surface area (TPSA) is 97.4 Å². The van der Waals surface area contributed by atoms with Crippen molar-refractivity contribution in [2.24, 2.45) is 0 Å². The molecule has 0 saturated carbocycles. The molecule has 5 rings (SSSR count). The van der Waals surface area contributed by atoms with E-state index in [2.05, 4.69) is 15.1 Å². The minimum absolute atomic E-state index is 0.0998. The molecule has 0 aliphatic heterocycles. The first-order chi connectivity index (χ1) is 15.9. The maximum absolute atomic E-state index is 13.4. The summed E-state index contributed by atoms with van der Waals surface area (Å²) in [6.45, 7) is 4.24. The van der Waals surface area contributed by atoms with Crippen molar-refractivity contribution in [1.82, 2.24) is 19.5 Å². The quantitative estimate of drug-likeness (QED) is 0.377. The maximum atomic E-state index is 13.4. The van der Waals surface area contributed by atoms with E-state index in [-0.39, 0.29) is 22.9 Å². The smallest absolute Gasteiger partial charge is 0.354 e. The van der Waals surface area contributed by atoms with Crippen LogP contribution in [0.4, 0.5) is 0 Å². The fourth-order valence-corrected chi connectivity index (χ4v) is 4.57. The van der Waals surface area contributed by atoms with Crippen LogP contribution in [0, 0.1) is 0 Å². The summed E-state index contributed by atoms with van der Waals surface area (Å²) in [6, 6.07) is 12.5. The third kappa shape index (κ3) is 3.90. The van der Waals surface area contributed by atoms with Crippen LogP contribution in [0.1, 0.15) is 30.5 Å². The number of pyridine rings is 1. The molecule has 166 valence electrons. The largest absolute Gasteiger partial charge is 0.477 e. The van der Waals surface area contributed by atoms with Gasteiger partial charge in [0.05, 0.1) is 11.1 Å². The first-order valence-electron chi connectivity index (χ1n) is 10.2. The molecule has 0 radical (unpaired) electrons. The van der Waals surface area contributed by atoms with Gasteiger partial charge >= 0.3 is 5.56 Å². The lowest BCUT2D eigenvalue weighted by atomic mass is 10.0. The standard InChI is InChI=1S/C23H18ClN5O3S/c1-13(2)20-26-19(27-32-20)15-7-5-6-14(10-15)18-21(30)28-9-4-3-8-17(28)29(22(18)31)12-16-11-25-23(24)33-16/h3-11,13H,12H2,1-2H3/p+1. The summed E-state index contributed by atoms with van der Waals surface area (Å²) in [4.78, 5) is 22.8. The van der Waals surface area contributed by atoms with E-state index in [0.29, 0.717) is 39.5 Å². The highest BCUT2D eigenvalue weighted by molar-refractivity contribution is 7.15. The van der Waals surface area contributed by atoms with Crippen LogP contribution in [0.25, 0.3) is 28.2 Å². The van der Waals surface area contributed by atoms with Gasteiger partial charge in [-0.3, -0.25) is 0 Å². The van der Waals surface area contributed by atoms with E-state index >= 15 is 0 Å². The minimum Gasteiger partial charge on any atom is -0.477 e. The molecule has 0 bridgehead atoms. The van der Waals surface area contributed by atoms with Gasteiger partial charge in [-0.2, -0.15) is 14.0 Å². The molecular weight excluding hydrogens is 462 g/mol. The maximum Gasteiger partial charge on any atom is 0.354 e. The molecule has 0 spiro atoms. The molecule has 0 saturated heterocycles. The summed E-state index contributed by atoms with van der Waals surface area (Å²) in [5.41, 5.74) is 1.60. The number of thiazole rings is 1. The lowest BCUT2D eigenvalue weighted by Crippen LogP contribution is -2.41. The van der Waals surface area contributed by atoms with Gasteiger partial charge in [-0.1, -0.05) is 54.9 Å². The average Bonchev–Trinajstić information content (AvgIpc) is 3.46. The van der Waals surface area contributed by atoms with E-state index < -0.39 is 0 Å². The molecule has 0 unspecified atom stereocenters. The monoisotopic (exact) mass is 480 g/mol. The molecule has 8 nitrogen and oxygen atoms in total. The molecule has 33 heavy (non-hydrogen) atoms. The van der Waals surface area contributed by atoms with Gasteiger partial charge in [0, 0.05) is 23.7 Å². The normalized spacial score (nSPS) is 11.5. The zero-order chi connectivity index (χ0) is 23.1. The Morgan fingerprint density at radius 2 is 2.03 bits per heavy atom. The Morgan fingerprint density at radius 3 is 2.76 bits per heavy atom. The third-order valence-corrected chi connectivity index (χ3v) is 6.31. The van der Waals surface area contributed by atoms with Gasteiger partial charge in [-0.05, 0) is 17.7 Å². The Hall–Kier alpha value is -3.56. The Labute approximate surface area is 197 Å². The lowest BCUT2D eigenvalue weighted by molar-refractivity contribution is -0.671. The molecule has 0 aliphatic rings. The summed E-state index contributed by atoms with van der Waals surface area (Å²) >= 11 is 7.31. The van der Waals surface area contributed by atoms with Crippen LogP contribution >= 0.6 is 22.9 Å². The third-order valence-electron chi connectivity index (χ3n) is 5.21. The van der Waals surface area contributed by atoms with Gasteiger partial charge in [-0.15, -0.1) is 11.3 Å². The van der Waals surface area contributed by atoms with Crippen molar-refractivity contribution in [2.75, 3.05) is 0 Å². The van der Waals surface area contributed by atoms with E-state index in [1.54, 1.807) is 47.3 Å². The van der Waals surface area contributed by atoms with Gasteiger partial charge in [0.2, 0.25) is 11.7 Å². The van der Waals surface area contributed by atoms with E-state index in [4.69, 9.17) is 16.1 Å². The van der Waals surface area contributed by atoms with Crippen LogP contribution in [0.2, 0.25) is 4.47 Å². The molecule has 0 aliphatic carbocycles. The number of benzene rings is 1. The van der Waals surface area contributed by atoms with Crippen molar-refractivity contribution in [3.8, 4) is 28.4 Å². The van der Waals surface area contributed by atoms with Crippen LogP contribution in [0.15, 0.2) is 64.2 Å². The second kappa shape index (κ2) is 8.42. The molecule has 0 atom stereocenters. The molecule has 10 heteroatoms. The summed E-state index contributed by atoms with van der Waals surface area (Å²) < 4.78 is 8.91. The number of aromatic nitrogens is 5. The average molecular weight is 481 g/mol. The van der Waals surface area contributed by atoms with Crippen molar-refractivity contribution < 1.29 is 14.2 Å². The summed E-state index contributed by atoms with van der Waals surface area (Å²) in [6.07, 6.45) is 3.33. The summed E-state index contributed by atoms with van der Waals surface area (Å²) in [7, 11) is 0. The zero-order valence-electron chi connectivity index (χ0n) is 17.8. The van der Waals surface area contributed by atoms with E-state index in [1.165, 1.54) is 15.7 Å². The number of hydrogen-bond acceptors (Lipinski definition) is 7. The Kier molecular flexibility index (Phi) is 5.43. The van der Waals surface area contributed by atoms with Gasteiger partial charge in [0.25, 0.3) is 11.5 Å². The van der Waals surface area contributed by atoms with Gasteiger partial charge in [-0.25, -0.2) is 9.78 Å². The van der Waals surface area contributed by atoms with Gasteiger partial charge in [0.1, 0.15) is 6.54 Å². The van der Waals surface area contributed by atoms with Crippen molar-refractivity contribution >= 4 is 28.6 Å². The van der Waals surface area contributed by atoms with Crippen LogP contribution in [-0.4, -0.2) is 24.6 Å². The molecule has 1 N–H and O–H groups in total. The molecule has 1 aromatic carbocycles. The highest BCUT2D eigenvalue weighted by Gasteiger charge is 2.26. The molecule has 0 amide bonds. The van der Waals surface area contributed by atoms with E-state index in [1.807, 2.05) is 26.0 Å². The van der Waals surface area contributed by atoms with E-state index in [0.717, 1.165) is 4.88 Å². The Morgan fingerprint density at radius 1 is 1.21 bits per heavy atom. The van der Waals surface area contributed by atoms with Crippen LogP contribution in [0.3, 0.4) is 0 Å². The fraction of sp³-hybridized carbons (Fsp3) is 0.174. The number of hydrogen-bond donors (Lipinski definition) is 1. The Bertz CT molecular complexity index is 1540. The number of aromatic hydroxyl groups is 1.